The number of ether oxygens (including phenoxy) is 1. The molecule has 0 amide bonds. The fraction of sp³-hybridized carbons (Fsp3) is 0.462. The van der Waals surface area contributed by atoms with Crippen LogP contribution in [0.2, 0.25) is 0 Å². The number of hydrogen-bond acceptors (Lipinski definition) is 4. The van der Waals surface area contributed by atoms with Gasteiger partial charge in [-0.05, 0) is 43.0 Å². The van der Waals surface area contributed by atoms with Gasteiger partial charge in [-0.2, -0.15) is 0 Å². The zero-order chi connectivity index (χ0) is 13.9. The van der Waals surface area contributed by atoms with E-state index >= 15 is 0 Å². The van der Waals surface area contributed by atoms with Gasteiger partial charge in [0.2, 0.25) is 0 Å². The molecule has 0 saturated heterocycles. The van der Waals surface area contributed by atoms with Crippen LogP contribution >= 0.6 is 0 Å². The highest BCUT2D eigenvalue weighted by Crippen LogP contribution is 2.36. The quantitative estimate of drug-likeness (QED) is 0.745. The predicted octanol–water partition coefficient (Wildman–Crippen LogP) is 1.88. The molecule has 1 aromatic carbocycles. The van der Waals surface area contributed by atoms with Gasteiger partial charge >= 0.3 is 5.97 Å². The first-order chi connectivity index (χ1) is 8.38. The van der Waals surface area contributed by atoms with Crippen LogP contribution in [0.3, 0.4) is 0 Å². The van der Waals surface area contributed by atoms with Crippen LogP contribution in [0.15, 0.2) is 6.07 Å². The Balaban J connectivity index is 3.08. The molecule has 18 heavy (non-hydrogen) atoms. The van der Waals surface area contributed by atoms with Crippen LogP contribution in [0.5, 0.6) is 11.5 Å². The molecule has 5 nitrogen and oxygen atoms in total. The third-order valence-electron chi connectivity index (χ3n) is 3.16. The van der Waals surface area contributed by atoms with Crippen molar-refractivity contribution in [2.24, 2.45) is 5.73 Å². The topological polar surface area (TPSA) is 92.8 Å². The monoisotopic (exact) mass is 253 g/mol. The Morgan fingerprint density at radius 1 is 1.44 bits per heavy atom. The number of carbonyl (C=O) groups is 1. The first-order valence-corrected chi connectivity index (χ1v) is 5.72. The summed E-state index contributed by atoms with van der Waals surface area (Å²) in [6.07, 6.45) is 0.367. The molecule has 0 radical (unpaired) electrons. The number of phenolic OH excluding ortho intramolecular Hbond substituents is 1. The number of aliphatic carboxylic acids is 1. The predicted molar refractivity (Wildman–Crippen MR) is 67.9 cm³/mol. The van der Waals surface area contributed by atoms with Gasteiger partial charge < -0.3 is 20.7 Å². The normalized spacial score (nSPS) is 12.2. The number of nitrogens with two attached hydrogens (primary N) is 1. The van der Waals surface area contributed by atoms with Crippen LogP contribution in [0.25, 0.3) is 0 Å². The third-order valence-corrected chi connectivity index (χ3v) is 3.16. The maximum absolute atomic E-state index is 10.5. The number of phenols is 1. The van der Waals surface area contributed by atoms with E-state index in [1.165, 1.54) is 7.11 Å². The Morgan fingerprint density at radius 3 is 2.56 bits per heavy atom. The zero-order valence-electron chi connectivity index (χ0n) is 10.9. The molecule has 0 fully saturated rings. The number of hydrogen-bond donors (Lipinski definition) is 3. The summed E-state index contributed by atoms with van der Waals surface area (Å²) in [5.41, 5.74) is 8.37. The van der Waals surface area contributed by atoms with Gasteiger partial charge in [0, 0.05) is 12.5 Å². The highest BCUT2D eigenvalue weighted by atomic mass is 16.5. The Hall–Kier alpha value is -1.75. The highest BCUT2D eigenvalue weighted by molar-refractivity contribution is 5.66. The molecule has 0 aliphatic heterocycles. The summed E-state index contributed by atoms with van der Waals surface area (Å²) in [5, 5.41) is 18.5. The second-order valence-electron chi connectivity index (χ2n) is 4.31. The average molecular weight is 253 g/mol. The first kappa shape index (κ1) is 14.3. The van der Waals surface area contributed by atoms with E-state index in [-0.39, 0.29) is 18.2 Å². The van der Waals surface area contributed by atoms with Gasteiger partial charge in [-0.25, -0.2) is 0 Å². The molecule has 1 unspecified atom stereocenters. The molecular weight excluding hydrogens is 234 g/mol. The van der Waals surface area contributed by atoms with Gasteiger partial charge in [0.1, 0.15) is 0 Å². The van der Waals surface area contributed by atoms with Crippen molar-refractivity contribution in [1.29, 1.82) is 0 Å². The lowest BCUT2D eigenvalue weighted by atomic mass is 9.94. The summed E-state index contributed by atoms with van der Waals surface area (Å²) in [4.78, 5) is 10.5. The fourth-order valence-electron chi connectivity index (χ4n) is 1.87. The van der Waals surface area contributed by atoms with Crippen molar-refractivity contribution in [3.8, 4) is 11.5 Å². The van der Waals surface area contributed by atoms with Gasteiger partial charge in [0.05, 0.1) is 7.11 Å². The average Bonchev–Trinajstić information content (AvgIpc) is 2.33. The van der Waals surface area contributed by atoms with Crippen LogP contribution in [-0.2, 0) is 4.79 Å². The summed E-state index contributed by atoms with van der Waals surface area (Å²) in [6.45, 7) is 3.63. The van der Waals surface area contributed by atoms with E-state index in [0.29, 0.717) is 17.7 Å². The van der Waals surface area contributed by atoms with E-state index in [9.17, 15) is 9.90 Å². The summed E-state index contributed by atoms with van der Waals surface area (Å²) < 4.78 is 5.08. The first-order valence-electron chi connectivity index (χ1n) is 5.72. The number of benzene rings is 1. The number of rotatable bonds is 5. The molecule has 4 N–H and O–H groups in total. The van der Waals surface area contributed by atoms with Crippen LogP contribution in [0, 0.1) is 13.8 Å². The molecule has 1 rings (SSSR count). The van der Waals surface area contributed by atoms with E-state index in [2.05, 4.69) is 0 Å². The lowest BCUT2D eigenvalue weighted by Gasteiger charge is -2.18. The van der Waals surface area contributed by atoms with Crippen molar-refractivity contribution in [2.75, 3.05) is 7.11 Å². The molecule has 1 aromatic rings. The standard InChI is InChI=1S/C13H19NO4/c1-7-8(2)13(17)11(18-3)6-9(7)10(14)4-5-12(15)16/h6,10,17H,4-5,14H2,1-3H3,(H,15,16). The molecule has 100 valence electrons. The maximum Gasteiger partial charge on any atom is 0.303 e. The summed E-state index contributed by atoms with van der Waals surface area (Å²) >= 11 is 0. The fourth-order valence-corrected chi connectivity index (χ4v) is 1.87. The number of methoxy groups -OCH3 is 1. The Kier molecular flexibility index (Phi) is 4.55. The van der Waals surface area contributed by atoms with E-state index in [1.807, 2.05) is 6.92 Å². The van der Waals surface area contributed by atoms with Crippen LogP contribution in [-0.4, -0.2) is 23.3 Å². The zero-order valence-corrected chi connectivity index (χ0v) is 10.9. The molecular formula is C13H19NO4. The number of carboxylic acids is 1. The van der Waals surface area contributed by atoms with Gasteiger partial charge in [0.15, 0.2) is 11.5 Å². The Morgan fingerprint density at radius 2 is 2.06 bits per heavy atom. The van der Waals surface area contributed by atoms with Gasteiger partial charge in [0.25, 0.3) is 0 Å². The molecule has 0 aliphatic carbocycles. The maximum atomic E-state index is 10.5. The van der Waals surface area contributed by atoms with E-state index in [0.717, 1.165) is 11.1 Å². The Labute approximate surface area is 106 Å². The lowest BCUT2D eigenvalue weighted by Crippen LogP contribution is -2.14. The van der Waals surface area contributed by atoms with Crippen LogP contribution in [0.4, 0.5) is 0 Å². The van der Waals surface area contributed by atoms with E-state index in [1.54, 1.807) is 13.0 Å². The minimum absolute atomic E-state index is 0.0167. The molecule has 5 heteroatoms. The number of carboxylic acid groups (broad SMARTS) is 1. The molecule has 1 atom stereocenters. The summed E-state index contributed by atoms with van der Waals surface area (Å²) in [7, 11) is 1.47. The second-order valence-corrected chi connectivity index (χ2v) is 4.31. The van der Waals surface area contributed by atoms with Crippen LogP contribution in [0.1, 0.15) is 35.6 Å². The number of aromatic hydroxyl groups is 1. The third kappa shape index (κ3) is 2.92. The van der Waals surface area contributed by atoms with Crippen molar-refractivity contribution in [2.45, 2.75) is 32.7 Å². The van der Waals surface area contributed by atoms with Gasteiger partial charge in [-0.1, -0.05) is 0 Å². The lowest BCUT2D eigenvalue weighted by molar-refractivity contribution is -0.137. The molecule has 0 saturated carbocycles. The van der Waals surface area contributed by atoms with E-state index in [4.69, 9.17) is 15.6 Å². The minimum Gasteiger partial charge on any atom is -0.504 e. The van der Waals surface area contributed by atoms with Crippen molar-refractivity contribution in [1.82, 2.24) is 0 Å². The Bertz CT molecular complexity index is 457. The largest absolute Gasteiger partial charge is 0.504 e. The molecule has 0 bridgehead atoms. The SMILES string of the molecule is COc1cc(C(N)CCC(=O)O)c(C)c(C)c1O. The van der Waals surface area contributed by atoms with Crippen molar-refractivity contribution in [3.63, 3.8) is 0 Å². The molecule has 0 spiro atoms. The van der Waals surface area contributed by atoms with Crippen molar-refractivity contribution < 1.29 is 19.7 Å². The molecule has 0 aliphatic rings. The van der Waals surface area contributed by atoms with E-state index < -0.39 is 5.97 Å². The van der Waals surface area contributed by atoms with Crippen molar-refractivity contribution >= 4 is 5.97 Å². The van der Waals surface area contributed by atoms with Crippen molar-refractivity contribution in [3.05, 3.63) is 22.8 Å². The smallest absolute Gasteiger partial charge is 0.303 e. The van der Waals surface area contributed by atoms with Gasteiger partial charge in [-0.15, -0.1) is 0 Å². The second kappa shape index (κ2) is 5.73. The molecule has 0 heterocycles. The van der Waals surface area contributed by atoms with Crippen LogP contribution < -0.4 is 10.5 Å². The summed E-state index contributed by atoms with van der Waals surface area (Å²) in [5.74, 6) is -0.409. The highest BCUT2D eigenvalue weighted by Gasteiger charge is 2.17. The molecule has 0 aromatic heterocycles. The summed E-state index contributed by atoms with van der Waals surface area (Å²) in [6, 6.07) is 1.29. The van der Waals surface area contributed by atoms with Gasteiger partial charge in [-0.3, -0.25) is 4.79 Å². The minimum atomic E-state index is -0.870.